The van der Waals surface area contributed by atoms with E-state index in [0.29, 0.717) is 23.5 Å². The van der Waals surface area contributed by atoms with Crippen molar-refractivity contribution in [3.05, 3.63) is 35.2 Å². The molecule has 23 heavy (non-hydrogen) atoms. The van der Waals surface area contributed by atoms with Crippen molar-refractivity contribution in [2.75, 3.05) is 25.3 Å². The third kappa shape index (κ3) is 4.62. The van der Waals surface area contributed by atoms with Crippen molar-refractivity contribution in [2.45, 2.75) is 38.5 Å². The van der Waals surface area contributed by atoms with Gasteiger partial charge in [0.05, 0.1) is 6.61 Å². The van der Waals surface area contributed by atoms with Gasteiger partial charge in [0, 0.05) is 12.9 Å². The van der Waals surface area contributed by atoms with Gasteiger partial charge in [0.1, 0.15) is 12.4 Å². The van der Waals surface area contributed by atoms with E-state index in [9.17, 15) is 0 Å². The molecule has 1 aromatic heterocycles. The van der Waals surface area contributed by atoms with Crippen LogP contribution in [-0.2, 0) is 11.3 Å². The van der Waals surface area contributed by atoms with E-state index < -0.39 is 0 Å². The lowest BCUT2D eigenvalue weighted by Crippen LogP contribution is -2.16. The zero-order valence-electron chi connectivity index (χ0n) is 14.1. The summed E-state index contributed by atoms with van der Waals surface area (Å²) in [6.07, 6.45) is 0. The molecule has 126 valence electrons. The Bertz CT molecular complexity index is 643. The van der Waals surface area contributed by atoms with Gasteiger partial charge in [-0.05, 0) is 30.0 Å². The van der Waals surface area contributed by atoms with Gasteiger partial charge in [0.15, 0.2) is 5.82 Å². The predicted octanol–water partition coefficient (Wildman–Crippen LogP) is 2.74. The van der Waals surface area contributed by atoms with E-state index >= 15 is 0 Å². The van der Waals surface area contributed by atoms with Crippen molar-refractivity contribution in [2.24, 2.45) is 0 Å². The molecule has 7 heteroatoms. The van der Waals surface area contributed by atoms with Crippen LogP contribution < -0.4 is 10.6 Å². The Morgan fingerprint density at radius 2 is 2.09 bits per heavy atom. The molecule has 0 aliphatic heterocycles. The van der Waals surface area contributed by atoms with Gasteiger partial charge >= 0.3 is 0 Å². The van der Waals surface area contributed by atoms with Crippen LogP contribution >= 0.6 is 11.8 Å². The fourth-order valence-corrected chi connectivity index (χ4v) is 2.88. The number of benzene rings is 1. The molecule has 0 saturated carbocycles. The van der Waals surface area contributed by atoms with Crippen molar-refractivity contribution in [1.82, 2.24) is 14.9 Å². The molecule has 2 rings (SSSR count). The maximum Gasteiger partial charge on any atom is 0.209 e. The largest absolute Gasteiger partial charge is 0.485 e. The van der Waals surface area contributed by atoms with E-state index in [4.69, 9.17) is 15.3 Å². The monoisotopic (exact) mass is 336 g/mol. The number of hydrogen-bond acceptors (Lipinski definition) is 6. The van der Waals surface area contributed by atoms with Crippen LogP contribution in [0.5, 0.6) is 5.75 Å². The summed E-state index contributed by atoms with van der Waals surface area (Å²) in [6.45, 7) is 7.27. The van der Waals surface area contributed by atoms with Gasteiger partial charge in [-0.3, -0.25) is 0 Å². The molecule has 0 unspecified atom stereocenters. The van der Waals surface area contributed by atoms with Crippen molar-refractivity contribution < 1.29 is 9.47 Å². The Balaban J connectivity index is 2.05. The Morgan fingerprint density at radius 1 is 1.30 bits per heavy atom. The quantitative estimate of drug-likeness (QED) is 0.454. The second-order valence-electron chi connectivity index (χ2n) is 5.59. The summed E-state index contributed by atoms with van der Waals surface area (Å²) in [4.78, 5) is 0. The van der Waals surface area contributed by atoms with Crippen LogP contribution in [0.15, 0.2) is 23.4 Å². The maximum atomic E-state index is 6.03. The molecule has 0 bridgehead atoms. The zero-order valence-corrected chi connectivity index (χ0v) is 14.9. The third-order valence-electron chi connectivity index (χ3n) is 3.40. The van der Waals surface area contributed by atoms with E-state index in [1.807, 2.05) is 13.0 Å². The smallest absolute Gasteiger partial charge is 0.209 e. The minimum absolute atomic E-state index is 0.289. The first-order valence-corrected chi connectivity index (χ1v) is 8.56. The second-order valence-corrected chi connectivity index (χ2v) is 6.66. The van der Waals surface area contributed by atoms with E-state index in [1.54, 1.807) is 7.11 Å². The lowest BCUT2D eigenvalue weighted by atomic mass is 10.0. The highest BCUT2D eigenvalue weighted by molar-refractivity contribution is 7.99. The lowest BCUT2D eigenvalue weighted by molar-refractivity contribution is 0.218. The highest BCUT2D eigenvalue weighted by Crippen LogP contribution is 2.28. The fourth-order valence-electron chi connectivity index (χ4n) is 2.11. The zero-order chi connectivity index (χ0) is 16.8. The Hall–Kier alpha value is -1.73. The maximum absolute atomic E-state index is 6.03. The summed E-state index contributed by atoms with van der Waals surface area (Å²) in [5.41, 5.74) is 2.34. The molecule has 0 saturated heterocycles. The number of aryl methyl sites for hydroxylation is 1. The van der Waals surface area contributed by atoms with Crippen molar-refractivity contribution in [3.8, 4) is 5.75 Å². The van der Waals surface area contributed by atoms with Crippen LogP contribution in [0, 0.1) is 6.92 Å². The number of rotatable bonds is 8. The summed E-state index contributed by atoms with van der Waals surface area (Å²) < 4.78 is 12.4. The van der Waals surface area contributed by atoms with Gasteiger partial charge in [-0.1, -0.05) is 37.7 Å². The highest BCUT2D eigenvalue weighted by atomic mass is 32.2. The molecule has 0 fully saturated rings. The first-order valence-electron chi connectivity index (χ1n) is 7.57. The first kappa shape index (κ1) is 17.6. The van der Waals surface area contributed by atoms with Gasteiger partial charge in [-0.25, -0.2) is 4.68 Å². The van der Waals surface area contributed by atoms with E-state index in [0.717, 1.165) is 17.1 Å². The van der Waals surface area contributed by atoms with Crippen LogP contribution in [0.1, 0.15) is 36.7 Å². The molecule has 2 N–H and O–H groups in total. The lowest BCUT2D eigenvalue weighted by Gasteiger charge is -2.14. The van der Waals surface area contributed by atoms with Gasteiger partial charge in [-0.15, -0.1) is 10.2 Å². The van der Waals surface area contributed by atoms with Crippen LogP contribution in [0.25, 0.3) is 0 Å². The van der Waals surface area contributed by atoms with Gasteiger partial charge in [0.25, 0.3) is 0 Å². The molecule has 6 nitrogen and oxygen atoms in total. The number of methoxy groups -OCH3 is 1. The van der Waals surface area contributed by atoms with Crippen LogP contribution in [0.3, 0.4) is 0 Å². The summed E-state index contributed by atoms with van der Waals surface area (Å²) in [5, 5.41) is 8.86. The number of nitrogen functional groups attached to an aromatic ring is 1. The average molecular weight is 336 g/mol. The number of nitrogens with zero attached hydrogens (tertiary/aromatic N) is 3. The minimum atomic E-state index is 0.289. The van der Waals surface area contributed by atoms with E-state index in [-0.39, 0.29) is 6.61 Å². The van der Waals surface area contributed by atoms with Crippen LogP contribution in [0.2, 0.25) is 0 Å². The number of ether oxygens (including phenoxy) is 2. The topological polar surface area (TPSA) is 75.2 Å². The molecule has 2 aromatic rings. The third-order valence-corrected chi connectivity index (χ3v) is 4.31. The Morgan fingerprint density at radius 3 is 2.78 bits per heavy atom. The van der Waals surface area contributed by atoms with Crippen LogP contribution in [-0.4, -0.2) is 34.3 Å². The van der Waals surface area contributed by atoms with E-state index in [1.165, 1.54) is 22.0 Å². The minimum Gasteiger partial charge on any atom is -0.485 e. The summed E-state index contributed by atoms with van der Waals surface area (Å²) in [7, 11) is 1.67. The van der Waals surface area contributed by atoms with E-state index in [2.05, 4.69) is 36.2 Å². The summed E-state index contributed by atoms with van der Waals surface area (Å²) in [5.74, 6) is 8.67. The molecular formula is C16H24N4O2S. The number of nitrogens with two attached hydrogens (primary N) is 1. The predicted molar refractivity (Wildman–Crippen MR) is 92.4 cm³/mol. The molecule has 0 amide bonds. The van der Waals surface area contributed by atoms with Crippen LogP contribution in [0.4, 0.5) is 0 Å². The normalized spacial score (nSPS) is 11.2. The highest BCUT2D eigenvalue weighted by Gasteiger charge is 2.13. The molecule has 0 aliphatic carbocycles. The molecule has 1 heterocycles. The SMILES string of the molecule is COCCSc1nnc(COc2cc(C)ccc2C(C)C)n1N. The number of aromatic nitrogens is 3. The molecule has 0 atom stereocenters. The molecular weight excluding hydrogens is 312 g/mol. The summed E-state index contributed by atoms with van der Waals surface area (Å²) in [6, 6.07) is 6.24. The van der Waals surface area contributed by atoms with Gasteiger partial charge in [0.2, 0.25) is 5.16 Å². The Kier molecular flexibility index (Phi) is 6.29. The molecule has 0 aliphatic rings. The number of hydrogen-bond donors (Lipinski definition) is 1. The second kappa shape index (κ2) is 8.21. The van der Waals surface area contributed by atoms with Gasteiger partial charge in [-0.2, -0.15) is 0 Å². The first-order chi connectivity index (χ1) is 11.0. The van der Waals surface area contributed by atoms with Crippen molar-refractivity contribution in [3.63, 3.8) is 0 Å². The van der Waals surface area contributed by atoms with Crippen molar-refractivity contribution >= 4 is 11.8 Å². The Labute approximate surface area is 141 Å². The van der Waals surface area contributed by atoms with Gasteiger partial charge < -0.3 is 15.3 Å². The summed E-state index contributed by atoms with van der Waals surface area (Å²) >= 11 is 1.51. The fraction of sp³-hybridized carbons (Fsp3) is 0.500. The standard InChI is InChI=1S/C16H24N4O2S/c1-11(2)13-6-5-12(3)9-14(13)22-10-15-18-19-16(20(15)17)23-8-7-21-4/h5-6,9,11H,7-8,10,17H2,1-4H3. The average Bonchev–Trinajstić information content (AvgIpc) is 2.86. The molecule has 0 radical (unpaired) electrons. The molecule has 0 spiro atoms. The van der Waals surface area contributed by atoms with Crippen molar-refractivity contribution in [1.29, 1.82) is 0 Å². The molecule has 1 aromatic carbocycles. The number of thioether (sulfide) groups is 1.